The van der Waals surface area contributed by atoms with Crippen molar-refractivity contribution in [3.05, 3.63) is 12.0 Å². The van der Waals surface area contributed by atoms with Crippen LogP contribution in [0.4, 0.5) is 11.5 Å². The summed E-state index contributed by atoms with van der Waals surface area (Å²) in [6.45, 7) is 2.15. The van der Waals surface area contributed by atoms with Crippen molar-refractivity contribution in [1.82, 2.24) is 15.3 Å². The topological polar surface area (TPSA) is 129 Å². The van der Waals surface area contributed by atoms with Gasteiger partial charge in [-0.25, -0.2) is 9.97 Å². The highest BCUT2D eigenvalue weighted by molar-refractivity contribution is 7.99. The Morgan fingerprint density at radius 3 is 2.91 bits per heavy atom. The van der Waals surface area contributed by atoms with Crippen LogP contribution < -0.4 is 11.1 Å². The standard InChI is InChI=1S/C14H22N6O2S/c1-2-3-4-23-5-7-12(21)13(22)10(18-7)9-8-11(20-19-9)14(15)17-6-16-8/h6-7,9-10,12-13,18,21-22H,2-5H2,1H3,(H2,15,16,17)/t7-,9?,10+,12-,13+/m0/s1. The molecule has 9 heteroatoms. The third kappa shape index (κ3) is 3.18. The number of nitrogen functional groups attached to an aromatic ring is 1. The Balaban J connectivity index is 1.68. The summed E-state index contributed by atoms with van der Waals surface area (Å²) < 4.78 is 0. The Kier molecular flexibility index (Phi) is 5.10. The number of thioether (sulfide) groups is 1. The molecule has 3 heterocycles. The summed E-state index contributed by atoms with van der Waals surface area (Å²) in [6.07, 6.45) is 1.93. The van der Waals surface area contributed by atoms with Crippen molar-refractivity contribution in [2.75, 3.05) is 17.2 Å². The summed E-state index contributed by atoms with van der Waals surface area (Å²) in [5.74, 6) is 2.08. The summed E-state index contributed by atoms with van der Waals surface area (Å²) in [4.78, 5) is 8.10. The summed E-state index contributed by atoms with van der Waals surface area (Å²) in [5.41, 5.74) is 6.83. The summed E-state index contributed by atoms with van der Waals surface area (Å²) in [7, 11) is 0. The van der Waals surface area contributed by atoms with E-state index in [0.717, 1.165) is 24.3 Å². The molecule has 5 N–H and O–H groups in total. The van der Waals surface area contributed by atoms with Crippen LogP contribution in [-0.2, 0) is 0 Å². The lowest BCUT2D eigenvalue weighted by molar-refractivity contribution is 0.0271. The van der Waals surface area contributed by atoms with Crippen molar-refractivity contribution in [2.45, 2.75) is 50.1 Å². The van der Waals surface area contributed by atoms with Crippen LogP contribution in [0.2, 0.25) is 0 Å². The van der Waals surface area contributed by atoms with Crippen molar-refractivity contribution in [2.24, 2.45) is 10.2 Å². The number of rotatable bonds is 6. The van der Waals surface area contributed by atoms with E-state index in [9.17, 15) is 10.2 Å². The smallest absolute Gasteiger partial charge is 0.155 e. The van der Waals surface area contributed by atoms with Crippen LogP contribution in [-0.4, -0.2) is 56.0 Å². The molecular weight excluding hydrogens is 316 g/mol. The van der Waals surface area contributed by atoms with E-state index in [-0.39, 0.29) is 11.9 Å². The van der Waals surface area contributed by atoms with Gasteiger partial charge in [0.2, 0.25) is 0 Å². The fourth-order valence-electron chi connectivity index (χ4n) is 2.92. The number of hydrogen-bond donors (Lipinski definition) is 4. The first-order valence-corrected chi connectivity index (χ1v) is 9.00. The minimum atomic E-state index is -0.919. The van der Waals surface area contributed by atoms with Crippen LogP contribution in [0.15, 0.2) is 16.6 Å². The van der Waals surface area contributed by atoms with E-state index in [1.165, 1.54) is 6.33 Å². The number of aliphatic hydroxyl groups excluding tert-OH is 2. The second kappa shape index (κ2) is 7.08. The van der Waals surface area contributed by atoms with Gasteiger partial charge >= 0.3 is 0 Å². The Hall–Kier alpha value is -1.29. The van der Waals surface area contributed by atoms with Gasteiger partial charge in [0.1, 0.15) is 18.1 Å². The summed E-state index contributed by atoms with van der Waals surface area (Å²) >= 11 is 1.78. The summed E-state index contributed by atoms with van der Waals surface area (Å²) in [6, 6.07) is -1.05. The first-order chi connectivity index (χ1) is 11.1. The molecular formula is C14H22N6O2S. The molecule has 126 valence electrons. The number of hydrogen-bond acceptors (Lipinski definition) is 9. The zero-order chi connectivity index (χ0) is 16.4. The largest absolute Gasteiger partial charge is 0.389 e. The third-order valence-electron chi connectivity index (χ3n) is 4.26. The highest BCUT2D eigenvalue weighted by Gasteiger charge is 2.47. The molecule has 0 aromatic carbocycles. The van der Waals surface area contributed by atoms with Gasteiger partial charge in [0.05, 0.1) is 18.2 Å². The monoisotopic (exact) mass is 338 g/mol. The maximum Gasteiger partial charge on any atom is 0.155 e. The molecule has 0 radical (unpaired) electrons. The number of aromatic nitrogens is 2. The quantitative estimate of drug-likeness (QED) is 0.564. The molecule has 2 aliphatic rings. The van der Waals surface area contributed by atoms with Crippen molar-refractivity contribution in [3.8, 4) is 0 Å². The molecule has 0 amide bonds. The molecule has 0 aliphatic carbocycles. The lowest BCUT2D eigenvalue weighted by Crippen LogP contribution is -2.38. The molecule has 1 saturated heterocycles. The normalized spacial score (nSPS) is 32.4. The number of nitrogens with two attached hydrogens (primary N) is 1. The number of aliphatic hydroxyl groups is 2. The number of unbranched alkanes of at least 4 members (excludes halogenated alkanes) is 1. The Morgan fingerprint density at radius 2 is 2.13 bits per heavy atom. The zero-order valence-corrected chi connectivity index (χ0v) is 13.8. The fraction of sp³-hybridized carbons (Fsp3) is 0.714. The Labute approximate surface area is 139 Å². The molecule has 3 rings (SSSR count). The molecule has 2 aliphatic heterocycles. The van der Waals surface area contributed by atoms with Crippen LogP contribution in [0.1, 0.15) is 31.5 Å². The van der Waals surface area contributed by atoms with Crippen molar-refractivity contribution in [3.63, 3.8) is 0 Å². The molecule has 1 aromatic heterocycles. The van der Waals surface area contributed by atoms with Crippen LogP contribution >= 0.6 is 11.8 Å². The van der Waals surface area contributed by atoms with Gasteiger partial charge in [-0.05, 0) is 12.2 Å². The Morgan fingerprint density at radius 1 is 1.30 bits per heavy atom. The number of anilines is 1. The fourth-order valence-corrected chi connectivity index (χ4v) is 4.13. The van der Waals surface area contributed by atoms with Crippen LogP contribution in [0, 0.1) is 0 Å². The van der Waals surface area contributed by atoms with E-state index in [4.69, 9.17) is 5.73 Å². The SMILES string of the molecule is CCCCSC[C@@H]1N[C@H](C2N=Nc3c(N)ncnc32)[C@@H](O)[C@H]1O. The second-order valence-electron chi connectivity index (χ2n) is 5.86. The molecule has 1 fully saturated rings. The predicted octanol–water partition coefficient (Wildman–Crippen LogP) is 0.793. The highest BCUT2D eigenvalue weighted by Crippen LogP contribution is 2.41. The maximum atomic E-state index is 10.4. The van der Waals surface area contributed by atoms with E-state index in [2.05, 4.69) is 32.4 Å². The molecule has 1 unspecified atom stereocenters. The number of azo groups is 1. The molecule has 0 saturated carbocycles. The minimum absolute atomic E-state index is 0.171. The first kappa shape index (κ1) is 16.6. The van der Waals surface area contributed by atoms with Gasteiger partial charge in [-0.2, -0.15) is 16.9 Å². The molecule has 0 spiro atoms. The Bertz CT molecular complexity index is 586. The number of fused-ring (bicyclic) bond motifs is 1. The third-order valence-corrected chi connectivity index (χ3v) is 5.43. The lowest BCUT2D eigenvalue weighted by Gasteiger charge is -2.19. The maximum absolute atomic E-state index is 10.4. The summed E-state index contributed by atoms with van der Waals surface area (Å²) in [5, 5.41) is 32.2. The first-order valence-electron chi connectivity index (χ1n) is 7.84. The van der Waals surface area contributed by atoms with Crippen molar-refractivity contribution < 1.29 is 10.2 Å². The molecule has 0 bridgehead atoms. The van der Waals surface area contributed by atoms with Crippen molar-refractivity contribution >= 4 is 23.3 Å². The predicted molar refractivity (Wildman–Crippen MR) is 88.7 cm³/mol. The van der Waals surface area contributed by atoms with Gasteiger partial charge in [-0.3, -0.25) is 0 Å². The van der Waals surface area contributed by atoms with E-state index >= 15 is 0 Å². The second-order valence-corrected chi connectivity index (χ2v) is 7.01. The zero-order valence-electron chi connectivity index (χ0n) is 13.0. The van der Waals surface area contributed by atoms with E-state index in [1.54, 1.807) is 11.8 Å². The average Bonchev–Trinajstić information content (AvgIpc) is 3.09. The van der Waals surface area contributed by atoms with Gasteiger partial charge < -0.3 is 21.3 Å². The van der Waals surface area contributed by atoms with Gasteiger partial charge in [0.15, 0.2) is 11.5 Å². The highest BCUT2D eigenvalue weighted by atomic mass is 32.2. The molecule has 1 aromatic rings. The van der Waals surface area contributed by atoms with Crippen LogP contribution in [0.3, 0.4) is 0 Å². The van der Waals surface area contributed by atoms with E-state index in [1.807, 2.05) is 0 Å². The van der Waals surface area contributed by atoms with E-state index in [0.29, 0.717) is 11.4 Å². The minimum Gasteiger partial charge on any atom is -0.389 e. The van der Waals surface area contributed by atoms with Gasteiger partial charge in [0.25, 0.3) is 0 Å². The average molecular weight is 338 g/mol. The van der Waals surface area contributed by atoms with Crippen molar-refractivity contribution in [1.29, 1.82) is 0 Å². The molecule has 5 atom stereocenters. The van der Waals surface area contributed by atoms with Gasteiger partial charge in [-0.1, -0.05) is 13.3 Å². The number of nitrogens with zero attached hydrogens (tertiary/aromatic N) is 4. The molecule has 8 nitrogen and oxygen atoms in total. The molecule has 23 heavy (non-hydrogen) atoms. The lowest BCUT2D eigenvalue weighted by atomic mass is 9.99. The van der Waals surface area contributed by atoms with Gasteiger partial charge in [-0.15, -0.1) is 5.11 Å². The van der Waals surface area contributed by atoms with Gasteiger partial charge in [0, 0.05) is 11.8 Å². The van der Waals surface area contributed by atoms with Crippen LogP contribution in [0.5, 0.6) is 0 Å². The van der Waals surface area contributed by atoms with E-state index < -0.39 is 24.3 Å². The van der Waals surface area contributed by atoms with Crippen LogP contribution in [0.25, 0.3) is 0 Å². The number of nitrogens with one attached hydrogen (secondary N) is 1.